The lowest BCUT2D eigenvalue weighted by Crippen LogP contribution is -2.27. The molecule has 0 saturated carbocycles. The van der Waals surface area contributed by atoms with Crippen LogP contribution in [0.5, 0.6) is 11.5 Å². The maximum atomic E-state index is 12.2. The van der Waals surface area contributed by atoms with Gasteiger partial charge in [-0.3, -0.25) is 0 Å². The van der Waals surface area contributed by atoms with Crippen LogP contribution in [0.1, 0.15) is 31.2 Å². The Labute approximate surface area is 128 Å². The summed E-state index contributed by atoms with van der Waals surface area (Å²) in [6, 6.07) is 4.36. The summed E-state index contributed by atoms with van der Waals surface area (Å²) >= 11 is 0. The largest absolute Gasteiger partial charge is 0.573 e. The predicted molar refractivity (Wildman–Crippen MR) is 76.4 cm³/mol. The molecule has 2 rings (SSSR count). The van der Waals surface area contributed by atoms with Gasteiger partial charge in [0.1, 0.15) is 11.5 Å². The average molecular weight is 326 g/mol. The van der Waals surface area contributed by atoms with Crippen molar-refractivity contribution in [2.45, 2.75) is 32.0 Å². The normalized spacial score (nSPS) is 16.2. The van der Waals surface area contributed by atoms with Crippen molar-refractivity contribution in [1.82, 2.24) is 5.32 Å². The standard InChI is InChI=1S/C14H18F3NO2.ClH/c1-2-19-13-9-11(20-14(15,16)17)3-4-12(13)10-5-7-18-8-6-10;/h3-4,9-10,18H,2,5-8H2,1H3;1H. The molecule has 0 unspecified atom stereocenters. The second-order valence-electron chi connectivity index (χ2n) is 4.70. The highest BCUT2D eigenvalue weighted by molar-refractivity contribution is 5.85. The Balaban J connectivity index is 0.00000220. The van der Waals surface area contributed by atoms with Crippen molar-refractivity contribution in [3.63, 3.8) is 0 Å². The van der Waals surface area contributed by atoms with Crippen LogP contribution in [-0.2, 0) is 0 Å². The lowest BCUT2D eigenvalue weighted by atomic mass is 9.89. The van der Waals surface area contributed by atoms with Crippen LogP contribution < -0.4 is 14.8 Å². The second-order valence-corrected chi connectivity index (χ2v) is 4.70. The van der Waals surface area contributed by atoms with Gasteiger partial charge in [0.15, 0.2) is 0 Å². The molecule has 21 heavy (non-hydrogen) atoms. The van der Waals surface area contributed by atoms with Crippen molar-refractivity contribution in [3.8, 4) is 11.5 Å². The maximum Gasteiger partial charge on any atom is 0.573 e. The van der Waals surface area contributed by atoms with E-state index in [1.165, 1.54) is 12.1 Å². The van der Waals surface area contributed by atoms with Crippen molar-refractivity contribution in [2.24, 2.45) is 0 Å². The molecule has 0 aromatic heterocycles. The fourth-order valence-electron chi connectivity index (χ4n) is 2.46. The number of hydrogen-bond acceptors (Lipinski definition) is 3. The highest BCUT2D eigenvalue weighted by Gasteiger charge is 2.31. The molecule has 1 N–H and O–H groups in total. The zero-order valence-corrected chi connectivity index (χ0v) is 12.5. The Morgan fingerprint density at radius 3 is 2.48 bits per heavy atom. The maximum absolute atomic E-state index is 12.2. The van der Waals surface area contributed by atoms with Gasteiger partial charge in [0.05, 0.1) is 6.61 Å². The second kappa shape index (κ2) is 7.75. The summed E-state index contributed by atoms with van der Waals surface area (Å²) in [4.78, 5) is 0. The molecule has 3 nitrogen and oxygen atoms in total. The minimum absolute atomic E-state index is 0. The van der Waals surface area contributed by atoms with E-state index < -0.39 is 6.36 Å². The fourth-order valence-corrected chi connectivity index (χ4v) is 2.46. The van der Waals surface area contributed by atoms with Crippen LogP contribution in [0, 0.1) is 0 Å². The van der Waals surface area contributed by atoms with Gasteiger partial charge >= 0.3 is 6.36 Å². The molecular weight excluding hydrogens is 307 g/mol. The molecule has 0 aliphatic carbocycles. The van der Waals surface area contributed by atoms with Gasteiger partial charge in [-0.2, -0.15) is 0 Å². The first-order chi connectivity index (χ1) is 9.49. The molecule has 1 aromatic rings. The summed E-state index contributed by atoms with van der Waals surface area (Å²) in [7, 11) is 0. The quantitative estimate of drug-likeness (QED) is 0.911. The molecular formula is C14H19ClF3NO2. The first-order valence-electron chi connectivity index (χ1n) is 6.73. The SMILES string of the molecule is CCOc1cc(OC(F)(F)F)ccc1C1CCNCC1.Cl. The molecule has 0 atom stereocenters. The smallest absolute Gasteiger partial charge is 0.493 e. The van der Waals surface area contributed by atoms with E-state index in [0.29, 0.717) is 18.3 Å². The minimum Gasteiger partial charge on any atom is -0.493 e. The molecule has 1 heterocycles. The number of benzene rings is 1. The van der Waals surface area contributed by atoms with Crippen LogP contribution in [-0.4, -0.2) is 26.1 Å². The third-order valence-corrected chi connectivity index (χ3v) is 3.30. The van der Waals surface area contributed by atoms with Gasteiger partial charge in [-0.25, -0.2) is 0 Å². The summed E-state index contributed by atoms with van der Waals surface area (Å²) in [6.07, 6.45) is -2.77. The molecule has 1 aliphatic rings. The number of piperidine rings is 1. The van der Waals surface area contributed by atoms with E-state index in [0.717, 1.165) is 31.5 Å². The van der Waals surface area contributed by atoms with Crippen LogP contribution in [0.3, 0.4) is 0 Å². The van der Waals surface area contributed by atoms with E-state index in [4.69, 9.17) is 4.74 Å². The lowest BCUT2D eigenvalue weighted by Gasteiger charge is -2.25. The minimum atomic E-state index is -4.68. The van der Waals surface area contributed by atoms with Crippen LogP contribution in [0.25, 0.3) is 0 Å². The van der Waals surface area contributed by atoms with Crippen molar-refractivity contribution in [1.29, 1.82) is 0 Å². The number of hydrogen-bond donors (Lipinski definition) is 1. The van der Waals surface area contributed by atoms with Crippen LogP contribution in [0.2, 0.25) is 0 Å². The zero-order valence-electron chi connectivity index (χ0n) is 11.7. The third kappa shape index (κ3) is 5.28. The molecule has 0 spiro atoms. The van der Waals surface area contributed by atoms with Gasteiger partial charge in [-0.1, -0.05) is 6.07 Å². The first kappa shape index (κ1) is 17.9. The summed E-state index contributed by atoms with van der Waals surface area (Å²) in [5, 5.41) is 3.26. The molecule has 7 heteroatoms. The van der Waals surface area contributed by atoms with Crippen molar-refractivity contribution in [3.05, 3.63) is 23.8 Å². The van der Waals surface area contributed by atoms with Gasteiger partial charge in [0.2, 0.25) is 0 Å². The molecule has 1 fully saturated rings. The third-order valence-electron chi connectivity index (χ3n) is 3.30. The number of halogens is 4. The van der Waals surface area contributed by atoms with E-state index in [-0.39, 0.29) is 18.2 Å². The van der Waals surface area contributed by atoms with Gasteiger partial charge in [0.25, 0.3) is 0 Å². The average Bonchev–Trinajstić information content (AvgIpc) is 2.38. The zero-order chi connectivity index (χ0) is 14.6. The summed E-state index contributed by atoms with van der Waals surface area (Å²) < 4.78 is 46.1. The van der Waals surface area contributed by atoms with Crippen LogP contribution >= 0.6 is 12.4 Å². The highest BCUT2D eigenvalue weighted by atomic mass is 35.5. The van der Waals surface area contributed by atoms with Gasteiger partial charge in [-0.05, 0) is 50.4 Å². The molecule has 1 saturated heterocycles. The topological polar surface area (TPSA) is 30.5 Å². The Bertz CT molecular complexity index is 448. The lowest BCUT2D eigenvalue weighted by molar-refractivity contribution is -0.274. The molecule has 1 aliphatic heterocycles. The molecule has 0 radical (unpaired) electrons. The van der Waals surface area contributed by atoms with E-state index in [2.05, 4.69) is 10.1 Å². The summed E-state index contributed by atoms with van der Waals surface area (Å²) in [5.41, 5.74) is 0.961. The van der Waals surface area contributed by atoms with Gasteiger partial charge in [0, 0.05) is 6.07 Å². The number of alkyl halides is 3. The highest BCUT2D eigenvalue weighted by Crippen LogP contribution is 2.36. The number of nitrogens with one attached hydrogen (secondary N) is 1. The van der Waals surface area contributed by atoms with E-state index >= 15 is 0 Å². The Hall–Kier alpha value is -1.14. The van der Waals surface area contributed by atoms with Crippen LogP contribution in [0.15, 0.2) is 18.2 Å². The fraction of sp³-hybridized carbons (Fsp3) is 0.571. The van der Waals surface area contributed by atoms with Gasteiger partial charge in [-0.15, -0.1) is 25.6 Å². The molecule has 120 valence electrons. The number of rotatable bonds is 4. The van der Waals surface area contributed by atoms with E-state index in [1.54, 1.807) is 6.07 Å². The Morgan fingerprint density at radius 1 is 1.24 bits per heavy atom. The van der Waals surface area contributed by atoms with Crippen molar-refractivity contribution in [2.75, 3.05) is 19.7 Å². The molecule has 0 bridgehead atoms. The summed E-state index contributed by atoms with van der Waals surface area (Å²) in [5.74, 6) is 0.567. The summed E-state index contributed by atoms with van der Waals surface area (Å²) in [6.45, 7) is 4.05. The van der Waals surface area contributed by atoms with E-state index in [9.17, 15) is 13.2 Å². The molecule has 0 amide bonds. The van der Waals surface area contributed by atoms with Crippen molar-refractivity contribution >= 4 is 12.4 Å². The molecule has 1 aromatic carbocycles. The van der Waals surface area contributed by atoms with Gasteiger partial charge < -0.3 is 14.8 Å². The van der Waals surface area contributed by atoms with Crippen molar-refractivity contribution < 1.29 is 22.6 Å². The Morgan fingerprint density at radius 2 is 1.90 bits per heavy atom. The number of ether oxygens (including phenoxy) is 2. The monoisotopic (exact) mass is 325 g/mol. The predicted octanol–water partition coefficient (Wildman–Crippen LogP) is 3.87. The van der Waals surface area contributed by atoms with Crippen LogP contribution in [0.4, 0.5) is 13.2 Å². The Kier molecular flexibility index (Phi) is 6.61. The van der Waals surface area contributed by atoms with E-state index in [1.807, 2.05) is 6.92 Å². The first-order valence-corrected chi connectivity index (χ1v) is 6.73.